The Morgan fingerprint density at radius 1 is 1.27 bits per heavy atom. The minimum absolute atomic E-state index is 0.0368. The first-order chi connectivity index (χ1) is 10.6. The SMILES string of the molecule is CCCCOc1ccccc1C(=O)Nc1ccc(F)c(Cl)c1. The lowest BCUT2D eigenvalue weighted by Crippen LogP contribution is -2.14. The molecule has 116 valence electrons. The summed E-state index contributed by atoms with van der Waals surface area (Å²) in [6.07, 6.45) is 1.94. The summed E-state index contributed by atoms with van der Waals surface area (Å²) < 4.78 is 18.8. The number of nitrogens with one attached hydrogen (secondary N) is 1. The summed E-state index contributed by atoms with van der Waals surface area (Å²) in [6.45, 7) is 2.63. The summed E-state index contributed by atoms with van der Waals surface area (Å²) in [4.78, 5) is 12.3. The molecule has 0 fully saturated rings. The van der Waals surface area contributed by atoms with Crippen molar-refractivity contribution in [3.05, 3.63) is 58.9 Å². The quantitative estimate of drug-likeness (QED) is 0.768. The number of carbonyl (C=O) groups excluding carboxylic acids is 1. The molecule has 0 unspecified atom stereocenters. The number of unbranched alkanes of at least 4 members (excludes halogenated alkanes) is 1. The summed E-state index contributed by atoms with van der Waals surface area (Å²) in [5.41, 5.74) is 0.860. The third kappa shape index (κ3) is 4.21. The van der Waals surface area contributed by atoms with Crippen LogP contribution in [0.2, 0.25) is 5.02 Å². The van der Waals surface area contributed by atoms with E-state index < -0.39 is 5.82 Å². The van der Waals surface area contributed by atoms with Crippen LogP contribution in [0.3, 0.4) is 0 Å². The number of para-hydroxylation sites is 1. The van der Waals surface area contributed by atoms with E-state index in [-0.39, 0.29) is 10.9 Å². The summed E-state index contributed by atoms with van der Waals surface area (Å²) in [5, 5.41) is 2.65. The zero-order valence-corrected chi connectivity index (χ0v) is 13.0. The first kappa shape index (κ1) is 16.3. The number of carbonyl (C=O) groups is 1. The van der Waals surface area contributed by atoms with Crippen LogP contribution in [0.1, 0.15) is 30.1 Å². The second-order valence-electron chi connectivity index (χ2n) is 4.78. The Morgan fingerprint density at radius 3 is 2.77 bits per heavy atom. The van der Waals surface area contributed by atoms with Gasteiger partial charge < -0.3 is 10.1 Å². The molecule has 0 spiro atoms. The normalized spacial score (nSPS) is 10.3. The Labute approximate surface area is 134 Å². The molecular formula is C17H17ClFNO2. The molecule has 0 radical (unpaired) electrons. The molecule has 0 aromatic heterocycles. The smallest absolute Gasteiger partial charge is 0.259 e. The van der Waals surface area contributed by atoms with E-state index in [0.29, 0.717) is 23.6 Å². The number of hydrogen-bond donors (Lipinski definition) is 1. The van der Waals surface area contributed by atoms with Crippen LogP contribution in [-0.4, -0.2) is 12.5 Å². The lowest BCUT2D eigenvalue weighted by Gasteiger charge is -2.11. The van der Waals surface area contributed by atoms with Crippen molar-refractivity contribution in [2.75, 3.05) is 11.9 Å². The van der Waals surface area contributed by atoms with Crippen molar-refractivity contribution >= 4 is 23.2 Å². The van der Waals surface area contributed by atoms with Crippen LogP contribution in [0.15, 0.2) is 42.5 Å². The van der Waals surface area contributed by atoms with Gasteiger partial charge in [-0.1, -0.05) is 37.1 Å². The molecule has 0 bridgehead atoms. The zero-order chi connectivity index (χ0) is 15.9. The molecule has 0 saturated heterocycles. The van der Waals surface area contributed by atoms with Crippen molar-refractivity contribution in [2.45, 2.75) is 19.8 Å². The van der Waals surface area contributed by atoms with Gasteiger partial charge in [-0.25, -0.2) is 4.39 Å². The van der Waals surface area contributed by atoms with Crippen LogP contribution in [0.4, 0.5) is 10.1 Å². The number of benzene rings is 2. The van der Waals surface area contributed by atoms with Crippen molar-refractivity contribution < 1.29 is 13.9 Å². The molecule has 0 atom stereocenters. The lowest BCUT2D eigenvalue weighted by atomic mass is 10.2. The van der Waals surface area contributed by atoms with Crippen molar-refractivity contribution in [1.82, 2.24) is 0 Å². The van der Waals surface area contributed by atoms with Crippen LogP contribution in [0.25, 0.3) is 0 Å². The first-order valence-electron chi connectivity index (χ1n) is 7.10. The number of ether oxygens (including phenoxy) is 1. The van der Waals surface area contributed by atoms with Crippen molar-refractivity contribution in [1.29, 1.82) is 0 Å². The molecule has 0 aliphatic rings. The van der Waals surface area contributed by atoms with Crippen molar-refractivity contribution in [3.63, 3.8) is 0 Å². The minimum Gasteiger partial charge on any atom is -0.493 e. The van der Waals surface area contributed by atoms with Crippen LogP contribution in [-0.2, 0) is 0 Å². The molecule has 0 aliphatic heterocycles. The second kappa shape index (κ2) is 7.80. The fourth-order valence-electron chi connectivity index (χ4n) is 1.88. The van der Waals surface area contributed by atoms with Gasteiger partial charge in [0.25, 0.3) is 5.91 Å². The van der Waals surface area contributed by atoms with Gasteiger partial charge in [-0.05, 0) is 36.8 Å². The maximum Gasteiger partial charge on any atom is 0.259 e. The molecular weight excluding hydrogens is 305 g/mol. The van der Waals surface area contributed by atoms with Gasteiger partial charge in [0.2, 0.25) is 0 Å². The Kier molecular flexibility index (Phi) is 5.78. The van der Waals surface area contributed by atoms with E-state index >= 15 is 0 Å². The topological polar surface area (TPSA) is 38.3 Å². The first-order valence-corrected chi connectivity index (χ1v) is 7.48. The fraction of sp³-hybridized carbons (Fsp3) is 0.235. The van der Waals surface area contributed by atoms with Gasteiger partial charge in [0.15, 0.2) is 0 Å². The highest BCUT2D eigenvalue weighted by Crippen LogP contribution is 2.23. The highest BCUT2D eigenvalue weighted by molar-refractivity contribution is 6.31. The van der Waals surface area contributed by atoms with Gasteiger partial charge in [0.05, 0.1) is 17.2 Å². The van der Waals surface area contributed by atoms with Gasteiger partial charge in [0, 0.05) is 5.69 Å². The maximum absolute atomic E-state index is 13.1. The number of halogens is 2. The molecule has 2 aromatic carbocycles. The average molecular weight is 322 g/mol. The van der Waals surface area contributed by atoms with Crippen LogP contribution in [0, 0.1) is 5.82 Å². The molecule has 1 amide bonds. The summed E-state index contributed by atoms with van der Waals surface area (Å²) >= 11 is 5.71. The van der Waals surface area contributed by atoms with E-state index in [9.17, 15) is 9.18 Å². The Hall–Kier alpha value is -2.07. The molecule has 1 N–H and O–H groups in total. The van der Waals surface area contributed by atoms with E-state index in [1.54, 1.807) is 18.2 Å². The average Bonchev–Trinajstić information content (AvgIpc) is 2.51. The third-order valence-electron chi connectivity index (χ3n) is 3.06. The molecule has 0 aliphatic carbocycles. The van der Waals surface area contributed by atoms with Gasteiger partial charge >= 0.3 is 0 Å². The number of hydrogen-bond acceptors (Lipinski definition) is 2. The summed E-state index contributed by atoms with van der Waals surface area (Å²) in [7, 11) is 0. The van der Waals surface area contributed by atoms with E-state index in [1.807, 2.05) is 6.07 Å². The summed E-state index contributed by atoms with van der Waals surface area (Å²) in [5.74, 6) is -0.320. The van der Waals surface area contributed by atoms with Crippen LogP contribution in [0.5, 0.6) is 5.75 Å². The third-order valence-corrected chi connectivity index (χ3v) is 3.35. The highest BCUT2D eigenvalue weighted by Gasteiger charge is 2.13. The maximum atomic E-state index is 13.1. The molecule has 5 heteroatoms. The predicted octanol–water partition coefficient (Wildman–Crippen LogP) is 4.91. The standard InChI is InChI=1S/C17H17ClFNO2/c1-2-3-10-22-16-7-5-4-6-13(16)17(21)20-12-8-9-15(19)14(18)11-12/h4-9,11H,2-3,10H2,1H3,(H,20,21). The Morgan fingerprint density at radius 2 is 2.05 bits per heavy atom. The molecule has 3 nitrogen and oxygen atoms in total. The lowest BCUT2D eigenvalue weighted by molar-refractivity contribution is 0.102. The molecule has 2 aromatic rings. The zero-order valence-electron chi connectivity index (χ0n) is 12.2. The second-order valence-corrected chi connectivity index (χ2v) is 5.19. The minimum atomic E-state index is -0.525. The Bertz CT molecular complexity index is 661. The van der Waals surface area contributed by atoms with Crippen molar-refractivity contribution in [3.8, 4) is 5.75 Å². The van der Waals surface area contributed by atoms with Crippen LogP contribution >= 0.6 is 11.6 Å². The van der Waals surface area contributed by atoms with E-state index in [2.05, 4.69) is 12.2 Å². The van der Waals surface area contributed by atoms with Crippen molar-refractivity contribution in [2.24, 2.45) is 0 Å². The summed E-state index contributed by atoms with van der Waals surface area (Å²) in [6, 6.07) is 11.0. The van der Waals surface area contributed by atoms with Gasteiger partial charge in [-0.2, -0.15) is 0 Å². The number of amides is 1. The number of anilines is 1. The molecule has 22 heavy (non-hydrogen) atoms. The van der Waals surface area contributed by atoms with E-state index in [4.69, 9.17) is 16.3 Å². The van der Waals surface area contributed by atoms with Gasteiger partial charge in [0.1, 0.15) is 11.6 Å². The Balaban J connectivity index is 2.13. The van der Waals surface area contributed by atoms with Gasteiger partial charge in [-0.3, -0.25) is 4.79 Å². The molecule has 2 rings (SSSR count). The van der Waals surface area contributed by atoms with Crippen LogP contribution < -0.4 is 10.1 Å². The fourth-order valence-corrected chi connectivity index (χ4v) is 2.06. The highest BCUT2D eigenvalue weighted by atomic mass is 35.5. The predicted molar refractivity (Wildman–Crippen MR) is 86.2 cm³/mol. The van der Waals surface area contributed by atoms with E-state index in [0.717, 1.165) is 12.8 Å². The monoisotopic (exact) mass is 321 g/mol. The molecule has 0 heterocycles. The molecule has 0 saturated carbocycles. The van der Waals surface area contributed by atoms with E-state index in [1.165, 1.54) is 18.2 Å². The van der Waals surface area contributed by atoms with Gasteiger partial charge in [-0.15, -0.1) is 0 Å². The largest absolute Gasteiger partial charge is 0.493 e. The number of rotatable bonds is 6.